The zero-order chi connectivity index (χ0) is 10.0. The van der Waals surface area contributed by atoms with E-state index in [2.05, 4.69) is 6.92 Å². The number of aliphatic hydroxyl groups is 1. The van der Waals surface area contributed by atoms with E-state index < -0.39 is 6.10 Å². The van der Waals surface area contributed by atoms with E-state index in [0.29, 0.717) is 11.2 Å². The van der Waals surface area contributed by atoms with Crippen molar-refractivity contribution in [3.63, 3.8) is 0 Å². The molecule has 1 unspecified atom stereocenters. The van der Waals surface area contributed by atoms with Gasteiger partial charge in [0.05, 0.1) is 6.26 Å². The molecule has 78 valence electrons. The van der Waals surface area contributed by atoms with Gasteiger partial charge in [0.2, 0.25) is 0 Å². The maximum atomic E-state index is 9.94. The second kappa shape index (κ2) is 3.77. The lowest BCUT2D eigenvalue weighted by atomic mass is 9.82. The molecule has 1 aliphatic carbocycles. The molecule has 1 heterocycles. The normalized spacial score (nSPS) is 22.4. The molecule has 1 fully saturated rings. The number of hydrogen-bond donors (Lipinski definition) is 1. The number of furan rings is 1. The quantitative estimate of drug-likeness (QED) is 0.801. The van der Waals surface area contributed by atoms with Crippen LogP contribution in [0.5, 0.6) is 0 Å². The monoisotopic (exact) mass is 194 g/mol. The van der Waals surface area contributed by atoms with Crippen LogP contribution in [-0.2, 0) is 0 Å². The van der Waals surface area contributed by atoms with Gasteiger partial charge in [-0.15, -0.1) is 0 Å². The SMILES string of the molecule is CC1(CC(O)c2ccco2)CCCC1. The summed E-state index contributed by atoms with van der Waals surface area (Å²) >= 11 is 0. The fourth-order valence-corrected chi connectivity index (χ4v) is 2.48. The fraction of sp³-hybridized carbons (Fsp3) is 0.667. The molecule has 2 nitrogen and oxygen atoms in total. The van der Waals surface area contributed by atoms with E-state index in [1.807, 2.05) is 12.1 Å². The minimum atomic E-state index is -0.423. The smallest absolute Gasteiger partial charge is 0.132 e. The molecule has 1 N–H and O–H groups in total. The molecule has 0 aliphatic heterocycles. The highest BCUT2D eigenvalue weighted by molar-refractivity contribution is 5.03. The summed E-state index contributed by atoms with van der Waals surface area (Å²) in [6.07, 6.45) is 7.13. The van der Waals surface area contributed by atoms with Crippen molar-refractivity contribution < 1.29 is 9.52 Å². The first-order valence-electron chi connectivity index (χ1n) is 5.41. The van der Waals surface area contributed by atoms with E-state index >= 15 is 0 Å². The second-order valence-electron chi connectivity index (χ2n) is 4.75. The highest BCUT2D eigenvalue weighted by atomic mass is 16.4. The molecular weight excluding hydrogens is 176 g/mol. The van der Waals surface area contributed by atoms with Crippen molar-refractivity contribution in [2.45, 2.75) is 45.1 Å². The summed E-state index contributed by atoms with van der Waals surface area (Å²) in [5.41, 5.74) is 0.326. The molecule has 1 aliphatic rings. The molecule has 0 aromatic carbocycles. The Morgan fingerprint density at radius 1 is 1.50 bits per heavy atom. The molecule has 1 saturated carbocycles. The summed E-state index contributed by atoms with van der Waals surface area (Å²) < 4.78 is 5.20. The van der Waals surface area contributed by atoms with Crippen LogP contribution < -0.4 is 0 Å². The minimum Gasteiger partial charge on any atom is -0.467 e. The highest BCUT2D eigenvalue weighted by Gasteiger charge is 2.31. The zero-order valence-electron chi connectivity index (χ0n) is 8.70. The van der Waals surface area contributed by atoms with E-state index in [-0.39, 0.29) is 0 Å². The molecule has 2 heteroatoms. The van der Waals surface area contributed by atoms with E-state index in [4.69, 9.17) is 4.42 Å². The first-order chi connectivity index (χ1) is 6.70. The Labute approximate surface area is 84.9 Å². The topological polar surface area (TPSA) is 33.4 Å². The van der Waals surface area contributed by atoms with Gasteiger partial charge < -0.3 is 9.52 Å². The van der Waals surface area contributed by atoms with E-state index in [0.717, 1.165) is 6.42 Å². The summed E-state index contributed by atoms with van der Waals surface area (Å²) in [5, 5.41) is 9.94. The Balaban J connectivity index is 1.97. The Morgan fingerprint density at radius 2 is 2.21 bits per heavy atom. The predicted octanol–water partition coefficient (Wildman–Crippen LogP) is 3.28. The fourth-order valence-electron chi connectivity index (χ4n) is 2.48. The molecule has 1 aromatic heterocycles. The van der Waals surface area contributed by atoms with Crippen molar-refractivity contribution in [2.24, 2.45) is 5.41 Å². The molecule has 0 amide bonds. The Morgan fingerprint density at radius 3 is 2.79 bits per heavy atom. The zero-order valence-corrected chi connectivity index (χ0v) is 8.70. The maximum Gasteiger partial charge on any atom is 0.132 e. The second-order valence-corrected chi connectivity index (χ2v) is 4.75. The highest BCUT2D eigenvalue weighted by Crippen LogP contribution is 2.43. The molecule has 0 bridgehead atoms. The first-order valence-corrected chi connectivity index (χ1v) is 5.41. The van der Waals surface area contributed by atoms with Crippen LogP contribution in [0.2, 0.25) is 0 Å². The summed E-state index contributed by atoms with van der Waals surface area (Å²) in [6.45, 7) is 2.27. The van der Waals surface area contributed by atoms with Crippen LogP contribution in [0.3, 0.4) is 0 Å². The minimum absolute atomic E-state index is 0.326. The van der Waals surface area contributed by atoms with Crippen LogP contribution in [-0.4, -0.2) is 5.11 Å². The van der Waals surface area contributed by atoms with Gasteiger partial charge in [0.1, 0.15) is 11.9 Å². The van der Waals surface area contributed by atoms with Gasteiger partial charge in [-0.25, -0.2) is 0 Å². The van der Waals surface area contributed by atoms with Crippen molar-refractivity contribution in [1.29, 1.82) is 0 Å². The average Bonchev–Trinajstić information content (AvgIpc) is 2.74. The van der Waals surface area contributed by atoms with Gasteiger partial charge in [0.25, 0.3) is 0 Å². The molecule has 2 rings (SSSR count). The summed E-state index contributed by atoms with van der Waals surface area (Å²) in [7, 11) is 0. The van der Waals surface area contributed by atoms with Gasteiger partial charge in [0.15, 0.2) is 0 Å². The van der Waals surface area contributed by atoms with Gasteiger partial charge in [0, 0.05) is 0 Å². The van der Waals surface area contributed by atoms with Gasteiger partial charge in [-0.1, -0.05) is 19.8 Å². The van der Waals surface area contributed by atoms with Crippen molar-refractivity contribution >= 4 is 0 Å². The molecule has 14 heavy (non-hydrogen) atoms. The number of rotatable bonds is 3. The Hall–Kier alpha value is -0.760. The molecule has 0 radical (unpaired) electrons. The predicted molar refractivity (Wildman–Crippen MR) is 54.9 cm³/mol. The number of aliphatic hydroxyl groups excluding tert-OH is 1. The van der Waals surface area contributed by atoms with Crippen molar-refractivity contribution in [1.82, 2.24) is 0 Å². The number of hydrogen-bond acceptors (Lipinski definition) is 2. The maximum absolute atomic E-state index is 9.94. The lowest BCUT2D eigenvalue weighted by molar-refractivity contribution is 0.0891. The van der Waals surface area contributed by atoms with Crippen LogP contribution in [0.1, 0.15) is 50.9 Å². The van der Waals surface area contributed by atoms with E-state index in [9.17, 15) is 5.11 Å². The van der Waals surface area contributed by atoms with Gasteiger partial charge >= 0.3 is 0 Å². The molecule has 1 atom stereocenters. The van der Waals surface area contributed by atoms with Crippen molar-refractivity contribution in [2.75, 3.05) is 0 Å². The summed E-state index contributed by atoms with van der Waals surface area (Å²) in [4.78, 5) is 0. The van der Waals surface area contributed by atoms with Crippen molar-refractivity contribution in [3.8, 4) is 0 Å². The van der Waals surface area contributed by atoms with Crippen LogP contribution in [0, 0.1) is 5.41 Å². The summed E-state index contributed by atoms with van der Waals surface area (Å²) in [5.74, 6) is 0.707. The molecular formula is C12H18O2. The van der Waals surface area contributed by atoms with Crippen LogP contribution in [0.25, 0.3) is 0 Å². The Bertz CT molecular complexity index is 271. The molecule has 0 saturated heterocycles. The lowest BCUT2D eigenvalue weighted by Gasteiger charge is -2.25. The van der Waals surface area contributed by atoms with Crippen molar-refractivity contribution in [3.05, 3.63) is 24.2 Å². The average molecular weight is 194 g/mol. The molecule has 0 spiro atoms. The van der Waals surface area contributed by atoms with Crippen LogP contribution in [0.15, 0.2) is 22.8 Å². The largest absolute Gasteiger partial charge is 0.467 e. The first kappa shape index (κ1) is 9.78. The van der Waals surface area contributed by atoms with Crippen LogP contribution in [0.4, 0.5) is 0 Å². The third-order valence-corrected chi connectivity index (χ3v) is 3.37. The van der Waals surface area contributed by atoms with E-state index in [1.165, 1.54) is 25.7 Å². The lowest BCUT2D eigenvalue weighted by Crippen LogP contribution is -2.15. The third kappa shape index (κ3) is 2.01. The molecule has 1 aromatic rings. The van der Waals surface area contributed by atoms with E-state index in [1.54, 1.807) is 6.26 Å². The van der Waals surface area contributed by atoms with Crippen LogP contribution >= 0.6 is 0 Å². The summed E-state index contributed by atoms with van der Waals surface area (Å²) in [6, 6.07) is 3.68. The van der Waals surface area contributed by atoms with Gasteiger partial charge in [-0.3, -0.25) is 0 Å². The third-order valence-electron chi connectivity index (χ3n) is 3.37. The van der Waals surface area contributed by atoms with Gasteiger partial charge in [-0.2, -0.15) is 0 Å². The standard InChI is InChI=1S/C12H18O2/c1-12(6-2-3-7-12)9-10(13)11-5-4-8-14-11/h4-5,8,10,13H,2-3,6-7,9H2,1H3. The van der Waals surface area contributed by atoms with Gasteiger partial charge in [-0.05, 0) is 36.8 Å². The Kier molecular flexibility index (Phi) is 2.64.